The lowest BCUT2D eigenvalue weighted by Gasteiger charge is -2.07. The van der Waals surface area contributed by atoms with E-state index in [1.54, 1.807) is 0 Å². The van der Waals surface area contributed by atoms with Crippen LogP contribution in [0.4, 0.5) is 4.39 Å². The molecule has 0 saturated heterocycles. The van der Waals surface area contributed by atoms with E-state index in [0.29, 0.717) is 24.3 Å². The zero-order valence-electron chi connectivity index (χ0n) is 9.70. The Hall–Kier alpha value is -1.57. The van der Waals surface area contributed by atoms with Gasteiger partial charge >= 0.3 is 0 Å². The monoisotopic (exact) mass is 238 g/mol. The first-order chi connectivity index (χ1) is 8.27. The Bertz CT molecular complexity index is 407. The van der Waals surface area contributed by atoms with Crippen molar-refractivity contribution in [2.75, 3.05) is 20.0 Å². The van der Waals surface area contributed by atoms with E-state index >= 15 is 0 Å². The van der Waals surface area contributed by atoms with Crippen LogP contribution in [0.5, 0.6) is 5.75 Å². The number of hydrogen-bond acceptors (Lipinski definition) is 3. The maximum absolute atomic E-state index is 13.0. The molecule has 1 N–H and O–H groups in total. The van der Waals surface area contributed by atoms with Gasteiger partial charge in [0.2, 0.25) is 0 Å². The van der Waals surface area contributed by atoms with Gasteiger partial charge in [0.05, 0.1) is 12.2 Å². The Kier molecular flexibility index (Phi) is 6.08. The lowest BCUT2D eigenvalue weighted by atomic mass is 10.2. The standard InChI is InChI=1S/C13H15FO3/c1-2-16-10-17-13-7-6-12(14)9-11(13)5-3-4-8-15/h6-7,9,15H,2,4,8,10H2,1H3. The Morgan fingerprint density at radius 2 is 2.24 bits per heavy atom. The third-order valence-electron chi connectivity index (χ3n) is 1.90. The van der Waals surface area contributed by atoms with Crippen LogP contribution in [0.15, 0.2) is 18.2 Å². The fourth-order valence-corrected chi connectivity index (χ4v) is 1.13. The fourth-order valence-electron chi connectivity index (χ4n) is 1.13. The molecule has 0 heterocycles. The molecule has 0 radical (unpaired) electrons. The number of hydrogen-bond donors (Lipinski definition) is 1. The minimum absolute atomic E-state index is 0.0164. The van der Waals surface area contributed by atoms with Gasteiger partial charge in [0.15, 0.2) is 6.79 Å². The average molecular weight is 238 g/mol. The maximum Gasteiger partial charge on any atom is 0.189 e. The van der Waals surface area contributed by atoms with Gasteiger partial charge in [0.25, 0.3) is 0 Å². The Morgan fingerprint density at radius 3 is 2.94 bits per heavy atom. The minimum atomic E-state index is -0.373. The van der Waals surface area contributed by atoms with E-state index in [4.69, 9.17) is 14.6 Å². The van der Waals surface area contributed by atoms with Gasteiger partial charge in [0.1, 0.15) is 11.6 Å². The van der Waals surface area contributed by atoms with Crippen LogP contribution >= 0.6 is 0 Å². The molecule has 1 aromatic rings. The third-order valence-corrected chi connectivity index (χ3v) is 1.90. The summed E-state index contributed by atoms with van der Waals surface area (Å²) in [6, 6.07) is 4.11. The number of benzene rings is 1. The molecule has 1 aromatic carbocycles. The summed E-state index contributed by atoms with van der Waals surface area (Å²) in [5.41, 5.74) is 0.457. The van der Waals surface area contributed by atoms with E-state index in [9.17, 15) is 4.39 Å². The third kappa shape index (κ3) is 4.85. The maximum atomic E-state index is 13.0. The van der Waals surface area contributed by atoms with E-state index in [2.05, 4.69) is 11.8 Å². The summed E-state index contributed by atoms with van der Waals surface area (Å²) < 4.78 is 23.4. The molecule has 17 heavy (non-hydrogen) atoms. The molecule has 0 bridgehead atoms. The van der Waals surface area contributed by atoms with Crippen molar-refractivity contribution >= 4 is 0 Å². The van der Waals surface area contributed by atoms with Crippen molar-refractivity contribution in [2.24, 2.45) is 0 Å². The summed E-state index contributed by atoms with van der Waals surface area (Å²) in [7, 11) is 0. The van der Waals surface area contributed by atoms with Crippen LogP contribution in [0, 0.1) is 17.7 Å². The molecule has 0 aromatic heterocycles. The molecule has 0 aliphatic carbocycles. The van der Waals surface area contributed by atoms with Crippen molar-refractivity contribution in [3.05, 3.63) is 29.6 Å². The van der Waals surface area contributed by atoms with Gasteiger partial charge in [-0.3, -0.25) is 0 Å². The summed E-state index contributed by atoms with van der Waals surface area (Å²) in [5.74, 6) is 5.58. The van der Waals surface area contributed by atoms with Gasteiger partial charge in [-0.15, -0.1) is 0 Å². The van der Waals surface area contributed by atoms with Crippen molar-refractivity contribution < 1.29 is 19.0 Å². The summed E-state index contributed by atoms with van der Waals surface area (Å²) in [5, 5.41) is 8.61. The van der Waals surface area contributed by atoms with Crippen LogP contribution in [0.2, 0.25) is 0 Å². The van der Waals surface area contributed by atoms with Gasteiger partial charge < -0.3 is 14.6 Å². The fraction of sp³-hybridized carbons (Fsp3) is 0.385. The molecular weight excluding hydrogens is 223 g/mol. The van der Waals surface area contributed by atoms with Crippen LogP contribution in [0.25, 0.3) is 0 Å². The Labute approximate surface area is 100 Å². The van der Waals surface area contributed by atoms with Crippen LogP contribution < -0.4 is 4.74 Å². The predicted octanol–water partition coefficient (Wildman–Crippen LogP) is 1.93. The zero-order valence-corrected chi connectivity index (χ0v) is 9.70. The number of ether oxygens (including phenoxy) is 2. The molecule has 0 spiro atoms. The molecule has 0 amide bonds. The van der Waals surface area contributed by atoms with Crippen molar-refractivity contribution in [3.8, 4) is 17.6 Å². The normalized spacial score (nSPS) is 9.59. The van der Waals surface area contributed by atoms with Crippen LogP contribution in [-0.4, -0.2) is 25.1 Å². The van der Waals surface area contributed by atoms with Crippen molar-refractivity contribution in [3.63, 3.8) is 0 Å². The quantitative estimate of drug-likeness (QED) is 0.484. The minimum Gasteiger partial charge on any atom is -0.466 e. The van der Waals surface area contributed by atoms with Gasteiger partial charge in [-0.1, -0.05) is 11.8 Å². The first-order valence-corrected chi connectivity index (χ1v) is 5.37. The molecule has 0 atom stereocenters. The highest BCUT2D eigenvalue weighted by atomic mass is 19.1. The SMILES string of the molecule is CCOCOc1ccc(F)cc1C#CCCO. The van der Waals surface area contributed by atoms with Gasteiger partial charge in [-0.25, -0.2) is 4.39 Å². The first kappa shape index (κ1) is 13.5. The lowest BCUT2D eigenvalue weighted by molar-refractivity contribution is 0.0222. The van der Waals surface area contributed by atoms with Crippen molar-refractivity contribution in [2.45, 2.75) is 13.3 Å². The second kappa shape index (κ2) is 7.66. The molecule has 1 rings (SSSR count). The van der Waals surface area contributed by atoms with E-state index in [0.717, 1.165) is 0 Å². The van der Waals surface area contributed by atoms with Gasteiger partial charge in [0, 0.05) is 13.0 Å². The second-order valence-corrected chi connectivity index (χ2v) is 3.17. The molecular formula is C13H15FO3. The highest BCUT2D eigenvalue weighted by molar-refractivity contribution is 5.46. The topological polar surface area (TPSA) is 38.7 Å². The molecule has 4 heteroatoms. The highest BCUT2D eigenvalue weighted by Crippen LogP contribution is 2.18. The summed E-state index contributed by atoms with van der Waals surface area (Å²) in [4.78, 5) is 0. The van der Waals surface area contributed by atoms with E-state index in [1.165, 1.54) is 18.2 Å². The van der Waals surface area contributed by atoms with E-state index in [-0.39, 0.29) is 19.2 Å². The van der Waals surface area contributed by atoms with E-state index in [1.807, 2.05) is 6.92 Å². The van der Waals surface area contributed by atoms with Crippen molar-refractivity contribution in [1.29, 1.82) is 0 Å². The van der Waals surface area contributed by atoms with Gasteiger partial charge in [-0.2, -0.15) is 0 Å². The number of halogens is 1. The smallest absolute Gasteiger partial charge is 0.189 e. The summed E-state index contributed by atoms with van der Waals surface area (Å²) >= 11 is 0. The summed E-state index contributed by atoms with van der Waals surface area (Å²) in [6.07, 6.45) is 0.349. The number of aliphatic hydroxyl groups is 1. The molecule has 0 fully saturated rings. The van der Waals surface area contributed by atoms with Crippen molar-refractivity contribution in [1.82, 2.24) is 0 Å². The molecule has 3 nitrogen and oxygen atoms in total. The highest BCUT2D eigenvalue weighted by Gasteiger charge is 2.02. The second-order valence-electron chi connectivity index (χ2n) is 3.17. The molecule has 0 unspecified atom stereocenters. The first-order valence-electron chi connectivity index (χ1n) is 5.37. The van der Waals surface area contributed by atoms with Crippen LogP contribution in [0.3, 0.4) is 0 Å². The lowest BCUT2D eigenvalue weighted by Crippen LogP contribution is -2.03. The van der Waals surface area contributed by atoms with Crippen LogP contribution in [0.1, 0.15) is 18.9 Å². The number of aliphatic hydroxyl groups excluding tert-OH is 1. The molecule has 92 valence electrons. The Morgan fingerprint density at radius 1 is 1.41 bits per heavy atom. The largest absolute Gasteiger partial charge is 0.466 e. The Balaban J connectivity index is 2.77. The molecule has 0 saturated carbocycles. The van der Waals surface area contributed by atoms with Crippen LogP contribution in [-0.2, 0) is 4.74 Å². The summed E-state index contributed by atoms with van der Waals surface area (Å²) in [6.45, 7) is 2.50. The molecule has 0 aliphatic rings. The number of rotatable bonds is 5. The van der Waals surface area contributed by atoms with E-state index < -0.39 is 0 Å². The average Bonchev–Trinajstić information content (AvgIpc) is 2.32. The van der Waals surface area contributed by atoms with Gasteiger partial charge in [-0.05, 0) is 25.1 Å². The zero-order chi connectivity index (χ0) is 12.5. The predicted molar refractivity (Wildman–Crippen MR) is 62.1 cm³/mol. The molecule has 0 aliphatic heterocycles.